The molecular weight excluding hydrogens is 356 g/mol. The molecule has 3 amide bonds. The fraction of sp³-hybridized carbons (Fsp3) is 0.0952. The third kappa shape index (κ3) is 4.09. The predicted octanol–water partition coefficient (Wildman–Crippen LogP) is 2.49. The van der Waals surface area contributed by atoms with Crippen LogP contribution in [0.15, 0.2) is 66.7 Å². The number of hydrogen-bond donors (Lipinski definition) is 3. The summed E-state index contributed by atoms with van der Waals surface area (Å²) in [7, 11) is 0. The van der Waals surface area contributed by atoms with Crippen molar-refractivity contribution in [3.05, 3.63) is 83.7 Å². The van der Waals surface area contributed by atoms with Crippen LogP contribution in [0.2, 0.25) is 0 Å². The maximum absolute atomic E-state index is 12.5. The molecule has 28 heavy (non-hydrogen) atoms. The predicted molar refractivity (Wildman–Crippen MR) is 106 cm³/mol. The van der Waals surface area contributed by atoms with Crippen molar-refractivity contribution in [3.63, 3.8) is 0 Å². The molecule has 142 valence electrons. The molecule has 2 aromatic carbocycles. The molecule has 1 aromatic heterocycles. The van der Waals surface area contributed by atoms with Gasteiger partial charge in [0.05, 0.1) is 5.56 Å². The quantitative estimate of drug-likeness (QED) is 0.484. The van der Waals surface area contributed by atoms with Gasteiger partial charge >= 0.3 is 11.8 Å². The van der Waals surface area contributed by atoms with E-state index in [1.54, 1.807) is 36.4 Å². The Labute approximate surface area is 162 Å². The van der Waals surface area contributed by atoms with Gasteiger partial charge in [0.25, 0.3) is 5.91 Å². The van der Waals surface area contributed by atoms with Crippen molar-refractivity contribution in [3.8, 4) is 5.69 Å². The first kappa shape index (κ1) is 18.9. The summed E-state index contributed by atoms with van der Waals surface area (Å²) in [5, 5.41) is 2.44. The molecule has 0 fully saturated rings. The zero-order chi connectivity index (χ0) is 20.1. The Morgan fingerprint density at radius 1 is 0.786 bits per heavy atom. The lowest BCUT2D eigenvalue weighted by Gasteiger charge is -2.10. The Hall–Kier alpha value is -3.87. The van der Waals surface area contributed by atoms with Gasteiger partial charge in [-0.25, -0.2) is 0 Å². The topological polar surface area (TPSA) is 92.2 Å². The number of nitrogens with zero attached hydrogens (tertiary/aromatic N) is 1. The Bertz CT molecular complexity index is 1010. The normalized spacial score (nSPS) is 10.2. The van der Waals surface area contributed by atoms with E-state index in [1.807, 2.05) is 48.7 Å². The van der Waals surface area contributed by atoms with E-state index in [4.69, 9.17) is 0 Å². The van der Waals surface area contributed by atoms with E-state index in [0.29, 0.717) is 11.3 Å². The van der Waals surface area contributed by atoms with E-state index in [-0.39, 0.29) is 0 Å². The van der Waals surface area contributed by atoms with Gasteiger partial charge in [-0.3, -0.25) is 25.2 Å². The molecule has 3 rings (SSSR count). The summed E-state index contributed by atoms with van der Waals surface area (Å²) >= 11 is 0. The molecule has 0 aliphatic carbocycles. The van der Waals surface area contributed by atoms with E-state index in [2.05, 4.69) is 16.2 Å². The van der Waals surface area contributed by atoms with Gasteiger partial charge in [0.1, 0.15) is 0 Å². The van der Waals surface area contributed by atoms with Crippen molar-refractivity contribution in [2.75, 3.05) is 5.32 Å². The van der Waals surface area contributed by atoms with Gasteiger partial charge in [-0.15, -0.1) is 0 Å². The maximum Gasteiger partial charge on any atom is 0.328 e. The number of anilines is 1. The highest BCUT2D eigenvalue weighted by Gasteiger charge is 2.19. The van der Waals surface area contributed by atoms with E-state index in [0.717, 1.165) is 17.1 Å². The summed E-state index contributed by atoms with van der Waals surface area (Å²) in [5.41, 5.74) is 7.85. The summed E-state index contributed by atoms with van der Waals surface area (Å²) in [6.07, 6.45) is 0. The molecule has 3 N–H and O–H groups in total. The van der Waals surface area contributed by atoms with Crippen LogP contribution < -0.4 is 16.2 Å². The molecule has 0 radical (unpaired) electrons. The molecule has 3 aromatic rings. The number of hydrogen-bond acceptors (Lipinski definition) is 3. The minimum atomic E-state index is -0.964. The SMILES string of the molecule is Cc1cc(C(=O)NNC(=O)C(=O)Nc2ccccc2)c(C)n1-c1ccccc1. The Morgan fingerprint density at radius 3 is 2.04 bits per heavy atom. The van der Waals surface area contributed by atoms with Crippen LogP contribution in [-0.2, 0) is 9.59 Å². The monoisotopic (exact) mass is 376 g/mol. The number of hydrazine groups is 1. The highest BCUT2D eigenvalue weighted by molar-refractivity contribution is 6.39. The molecule has 0 atom stereocenters. The van der Waals surface area contributed by atoms with Gasteiger partial charge in [-0.2, -0.15) is 0 Å². The fourth-order valence-electron chi connectivity index (χ4n) is 2.91. The van der Waals surface area contributed by atoms with Crippen molar-refractivity contribution in [2.24, 2.45) is 0 Å². The molecule has 0 saturated heterocycles. The number of carbonyl (C=O) groups excluding carboxylic acids is 3. The van der Waals surface area contributed by atoms with Crippen LogP contribution in [0.3, 0.4) is 0 Å². The Morgan fingerprint density at radius 2 is 1.39 bits per heavy atom. The third-order valence-electron chi connectivity index (χ3n) is 4.22. The van der Waals surface area contributed by atoms with E-state index >= 15 is 0 Å². The standard InChI is InChI=1S/C21H20N4O3/c1-14-13-18(15(2)25(14)17-11-7-4-8-12-17)19(26)23-24-21(28)20(27)22-16-9-5-3-6-10-16/h3-13H,1-2H3,(H,22,27)(H,23,26)(H,24,28). The molecule has 7 nitrogen and oxygen atoms in total. The van der Waals surface area contributed by atoms with E-state index in [9.17, 15) is 14.4 Å². The largest absolute Gasteiger partial charge is 0.328 e. The van der Waals surface area contributed by atoms with E-state index < -0.39 is 17.7 Å². The van der Waals surface area contributed by atoms with Gasteiger partial charge in [-0.05, 0) is 44.2 Å². The number of benzene rings is 2. The van der Waals surface area contributed by atoms with Crippen LogP contribution in [0.1, 0.15) is 21.7 Å². The molecule has 7 heteroatoms. The highest BCUT2D eigenvalue weighted by atomic mass is 16.2. The molecule has 0 saturated carbocycles. The van der Waals surface area contributed by atoms with Gasteiger partial charge in [0.15, 0.2) is 0 Å². The number of nitrogens with one attached hydrogen (secondary N) is 3. The summed E-state index contributed by atoms with van der Waals surface area (Å²) in [6, 6.07) is 19.9. The minimum absolute atomic E-state index is 0.408. The smallest absolute Gasteiger partial charge is 0.318 e. The van der Waals surface area contributed by atoms with Gasteiger partial charge in [0, 0.05) is 22.8 Å². The molecular formula is C21H20N4O3. The second-order valence-corrected chi connectivity index (χ2v) is 6.18. The van der Waals surface area contributed by atoms with E-state index in [1.165, 1.54) is 0 Å². The number of rotatable bonds is 3. The van der Waals surface area contributed by atoms with Gasteiger partial charge < -0.3 is 9.88 Å². The van der Waals surface area contributed by atoms with Crippen LogP contribution >= 0.6 is 0 Å². The lowest BCUT2D eigenvalue weighted by molar-refractivity contribution is -0.136. The number of aromatic nitrogens is 1. The summed E-state index contributed by atoms with van der Waals surface area (Å²) in [6.45, 7) is 3.71. The number of aryl methyl sites for hydroxylation is 1. The molecule has 0 unspecified atom stereocenters. The van der Waals surface area contributed by atoms with Crippen LogP contribution in [0.25, 0.3) is 5.69 Å². The van der Waals surface area contributed by atoms with Gasteiger partial charge in [0.2, 0.25) is 0 Å². The first-order valence-corrected chi connectivity index (χ1v) is 8.68. The lowest BCUT2D eigenvalue weighted by Crippen LogP contribution is -2.46. The molecule has 0 spiro atoms. The molecule has 1 heterocycles. The first-order valence-electron chi connectivity index (χ1n) is 8.68. The summed E-state index contributed by atoms with van der Waals surface area (Å²) in [5.74, 6) is -2.34. The van der Waals surface area contributed by atoms with Crippen LogP contribution in [0.5, 0.6) is 0 Å². The van der Waals surface area contributed by atoms with Crippen molar-refractivity contribution in [1.82, 2.24) is 15.4 Å². The number of carbonyl (C=O) groups is 3. The van der Waals surface area contributed by atoms with Crippen LogP contribution in [-0.4, -0.2) is 22.3 Å². The zero-order valence-electron chi connectivity index (χ0n) is 15.5. The Kier molecular flexibility index (Phi) is 5.55. The third-order valence-corrected chi connectivity index (χ3v) is 4.22. The summed E-state index contributed by atoms with van der Waals surface area (Å²) in [4.78, 5) is 36.3. The first-order chi connectivity index (χ1) is 13.5. The van der Waals surface area contributed by atoms with Gasteiger partial charge in [-0.1, -0.05) is 36.4 Å². The molecule has 0 aliphatic rings. The lowest BCUT2D eigenvalue weighted by atomic mass is 10.2. The average Bonchev–Trinajstić information content (AvgIpc) is 3.01. The van der Waals surface area contributed by atoms with Crippen molar-refractivity contribution in [2.45, 2.75) is 13.8 Å². The highest BCUT2D eigenvalue weighted by Crippen LogP contribution is 2.20. The minimum Gasteiger partial charge on any atom is -0.318 e. The van der Waals surface area contributed by atoms with Crippen LogP contribution in [0, 0.1) is 13.8 Å². The number of para-hydroxylation sites is 2. The Balaban J connectivity index is 1.65. The number of amides is 3. The van der Waals surface area contributed by atoms with Crippen LogP contribution in [0.4, 0.5) is 5.69 Å². The van der Waals surface area contributed by atoms with Crippen molar-refractivity contribution < 1.29 is 14.4 Å². The zero-order valence-corrected chi connectivity index (χ0v) is 15.5. The second kappa shape index (κ2) is 8.22. The van der Waals surface area contributed by atoms with Crippen molar-refractivity contribution in [1.29, 1.82) is 0 Å². The maximum atomic E-state index is 12.5. The second-order valence-electron chi connectivity index (χ2n) is 6.18. The molecule has 0 aliphatic heterocycles. The van der Waals surface area contributed by atoms with Crippen molar-refractivity contribution >= 4 is 23.4 Å². The summed E-state index contributed by atoms with van der Waals surface area (Å²) < 4.78 is 1.94. The average molecular weight is 376 g/mol. The fourth-order valence-corrected chi connectivity index (χ4v) is 2.91. The molecule has 0 bridgehead atoms.